The van der Waals surface area contributed by atoms with Crippen LogP contribution in [0.5, 0.6) is 5.75 Å². The maximum absolute atomic E-state index is 12.6. The quantitative estimate of drug-likeness (QED) is 0.254. The van der Waals surface area contributed by atoms with Crippen molar-refractivity contribution in [3.05, 3.63) is 90.0 Å². The van der Waals surface area contributed by atoms with Crippen LogP contribution in [0.4, 0.5) is 0 Å². The fourth-order valence-electron chi connectivity index (χ4n) is 5.73. The first-order chi connectivity index (χ1) is 15.7. The lowest BCUT2D eigenvalue weighted by molar-refractivity contribution is 0.0734. The second kappa shape index (κ2) is 10.8. The normalized spacial score (nSPS) is 25.3. The third-order valence-electron chi connectivity index (χ3n) is 7.51. The van der Waals surface area contributed by atoms with Gasteiger partial charge in [0.1, 0.15) is 5.75 Å². The lowest BCUT2D eigenvalue weighted by Crippen LogP contribution is -2.30. The van der Waals surface area contributed by atoms with E-state index >= 15 is 0 Å². The Morgan fingerprint density at radius 1 is 0.969 bits per heavy atom. The van der Waals surface area contributed by atoms with Crippen LogP contribution in [0.2, 0.25) is 0 Å². The van der Waals surface area contributed by atoms with E-state index in [1.54, 1.807) is 0 Å². The summed E-state index contributed by atoms with van der Waals surface area (Å²) >= 11 is 0. The number of hydrogen-bond acceptors (Lipinski definition) is 2. The first kappa shape index (κ1) is 22.6. The number of hydrogen-bond donors (Lipinski definition) is 0. The van der Waals surface area contributed by atoms with E-state index in [4.69, 9.17) is 4.74 Å². The minimum atomic E-state index is -0.290. The standard InChI is InChI=1S/C30H36O2/c1-3-5-7-22-9-18-29(19-10-22)32-30(31)25-14-12-24(13-15-25)27-17-16-26-20-23(6-4-2)8-11-28(26)21-27/h3-4,6,9-10,12-15,18-19,23,26-28H,1,5,7-8,11,16-17,20-21H2,2H3/b6-4+. The predicted octanol–water partition coefficient (Wildman–Crippen LogP) is 7.90. The van der Waals surface area contributed by atoms with Crippen molar-refractivity contribution in [3.63, 3.8) is 0 Å². The molecule has 0 aliphatic heterocycles. The van der Waals surface area contributed by atoms with Gasteiger partial charge in [0.2, 0.25) is 0 Å². The predicted molar refractivity (Wildman–Crippen MR) is 132 cm³/mol. The molecule has 2 aromatic rings. The van der Waals surface area contributed by atoms with Crippen LogP contribution in [0, 0.1) is 17.8 Å². The van der Waals surface area contributed by atoms with Crippen LogP contribution < -0.4 is 4.74 Å². The van der Waals surface area contributed by atoms with Gasteiger partial charge in [0, 0.05) is 0 Å². The number of rotatable bonds is 7. The Hall–Kier alpha value is -2.61. The van der Waals surface area contributed by atoms with Crippen molar-refractivity contribution in [1.29, 1.82) is 0 Å². The van der Waals surface area contributed by atoms with Crippen LogP contribution in [-0.4, -0.2) is 5.97 Å². The summed E-state index contributed by atoms with van der Waals surface area (Å²) in [5.74, 6) is 3.50. The number of esters is 1. The fraction of sp³-hybridized carbons (Fsp3) is 0.433. The average molecular weight is 429 g/mol. The van der Waals surface area contributed by atoms with Crippen LogP contribution in [0.3, 0.4) is 0 Å². The molecule has 32 heavy (non-hydrogen) atoms. The van der Waals surface area contributed by atoms with Crippen molar-refractivity contribution >= 4 is 5.97 Å². The molecule has 0 spiro atoms. The molecule has 0 saturated heterocycles. The zero-order valence-corrected chi connectivity index (χ0v) is 19.3. The molecule has 2 aromatic carbocycles. The van der Waals surface area contributed by atoms with Gasteiger partial charge in [-0.3, -0.25) is 0 Å². The third-order valence-corrected chi connectivity index (χ3v) is 7.51. The van der Waals surface area contributed by atoms with Crippen molar-refractivity contribution in [2.75, 3.05) is 0 Å². The molecular formula is C30H36O2. The van der Waals surface area contributed by atoms with E-state index in [2.05, 4.69) is 37.8 Å². The van der Waals surface area contributed by atoms with E-state index in [1.807, 2.05) is 42.5 Å². The molecule has 4 unspecified atom stereocenters. The Bertz CT molecular complexity index is 922. The Labute approximate surface area is 193 Å². The molecule has 0 N–H and O–H groups in total. The topological polar surface area (TPSA) is 26.3 Å². The van der Waals surface area contributed by atoms with Crippen LogP contribution in [0.1, 0.15) is 79.3 Å². The van der Waals surface area contributed by atoms with Gasteiger partial charge in [0.15, 0.2) is 0 Å². The molecule has 0 bridgehead atoms. The van der Waals surface area contributed by atoms with E-state index in [0.29, 0.717) is 17.2 Å². The van der Waals surface area contributed by atoms with Crippen molar-refractivity contribution in [1.82, 2.24) is 0 Å². The first-order valence-corrected chi connectivity index (χ1v) is 12.3. The van der Waals surface area contributed by atoms with Gasteiger partial charge in [-0.15, -0.1) is 6.58 Å². The van der Waals surface area contributed by atoms with E-state index < -0.39 is 0 Å². The molecule has 2 saturated carbocycles. The summed E-state index contributed by atoms with van der Waals surface area (Å²) in [6, 6.07) is 15.9. The zero-order chi connectivity index (χ0) is 22.3. The molecule has 2 heteroatoms. The van der Waals surface area contributed by atoms with Crippen molar-refractivity contribution in [2.24, 2.45) is 17.8 Å². The molecule has 0 aromatic heterocycles. The van der Waals surface area contributed by atoms with Crippen molar-refractivity contribution in [2.45, 2.75) is 64.2 Å². The number of ether oxygens (including phenoxy) is 1. The number of fused-ring (bicyclic) bond motifs is 1. The SMILES string of the molecule is C=CCCc1ccc(OC(=O)c2ccc(C3CCC4CC(/C=C/C)CCC4C3)cc2)cc1. The summed E-state index contributed by atoms with van der Waals surface area (Å²) in [6.45, 7) is 5.90. The third kappa shape index (κ3) is 5.59. The van der Waals surface area contributed by atoms with Gasteiger partial charge in [-0.1, -0.05) is 42.5 Å². The monoisotopic (exact) mass is 428 g/mol. The summed E-state index contributed by atoms with van der Waals surface area (Å²) in [5, 5.41) is 0. The van der Waals surface area contributed by atoms with Crippen molar-refractivity contribution < 1.29 is 9.53 Å². The molecule has 2 nitrogen and oxygen atoms in total. The van der Waals surface area contributed by atoms with Gasteiger partial charge in [-0.2, -0.15) is 0 Å². The molecule has 4 atom stereocenters. The van der Waals surface area contributed by atoms with Crippen LogP contribution in [0.25, 0.3) is 0 Å². The maximum Gasteiger partial charge on any atom is 0.343 e. The Morgan fingerprint density at radius 3 is 2.41 bits per heavy atom. The minimum absolute atomic E-state index is 0.290. The number of carbonyl (C=O) groups excluding carboxylic acids is 1. The Balaban J connectivity index is 1.32. The fourth-order valence-corrected chi connectivity index (χ4v) is 5.73. The van der Waals surface area contributed by atoms with Crippen LogP contribution in [0.15, 0.2) is 73.3 Å². The van der Waals surface area contributed by atoms with Crippen molar-refractivity contribution in [3.8, 4) is 5.75 Å². The molecule has 0 radical (unpaired) electrons. The van der Waals surface area contributed by atoms with Crippen LogP contribution >= 0.6 is 0 Å². The molecule has 4 rings (SSSR count). The summed E-state index contributed by atoms with van der Waals surface area (Å²) in [4.78, 5) is 12.6. The second-order valence-corrected chi connectivity index (χ2v) is 9.61. The zero-order valence-electron chi connectivity index (χ0n) is 19.3. The number of allylic oxidation sites excluding steroid dienone is 3. The Morgan fingerprint density at radius 2 is 1.69 bits per heavy atom. The average Bonchev–Trinajstić information content (AvgIpc) is 2.83. The van der Waals surface area contributed by atoms with Gasteiger partial charge >= 0.3 is 5.97 Å². The van der Waals surface area contributed by atoms with Gasteiger partial charge in [0.25, 0.3) is 0 Å². The minimum Gasteiger partial charge on any atom is -0.423 e. The largest absolute Gasteiger partial charge is 0.423 e. The van der Waals surface area contributed by atoms with E-state index in [1.165, 1.54) is 49.7 Å². The van der Waals surface area contributed by atoms with E-state index in [0.717, 1.165) is 30.6 Å². The maximum atomic E-state index is 12.6. The summed E-state index contributed by atoms with van der Waals surface area (Å²) in [7, 11) is 0. The lowest BCUT2D eigenvalue weighted by atomic mass is 9.64. The number of aryl methyl sites for hydroxylation is 1. The first-order valence-electron chi connectivity index (χ1n) is 12.3. The molecule has 2 aliphatic carbocycles. The van der Waals surface area contributed by atoms with Gasteiger partial charge in [-0.25, -0.2) is 4.79 Å². The Kier molecular flexibility index (Phi) is 7.63. The molecule has 2 aliphatic rings. The molecule has 0 amide bonds. The number of carbonyl (C=O) groups is 1. The second-order valence-electron chi connectivity index (χ2n) is 9.61. The summed E-state index contributed by atoms with van der Waals surface area (Å²) in [5.41, 5.74) is 3.21. The molecular weight excluding hydrogens is 392 g/mol. The van der Waals surface area contributed by atoms with Gasteiger partial charge < -0.3 is 4.74 Å². The highest BCUT2D eigenvalue weighted by atomic mass is 16.5. The highest BCUT2D eigenvalue weighted by molar-refractivity contribution is 5.91. The molecule has 2 fully saturated rings. The highest BCUT2D eigenvalue weighted by Crippen LogP contribution is 2.47. The number of benzene rings is 2. The van der Waals surface area contributed by atoms with Gasteiger partial charge in [-0.05, 0) is 117 Å². The van der Waals surface area contributed by atoms with E-state index in [-0.39, 0.29) is 5.97 Å². The summed E-state index contributed by atoms with van der Waals surface area (Å²) in [6.07, 6.45) is 16.5. The molecule has 0 heterocycles. The van der Waals surface area contributed by atoms with Gasteiger partial charge in [0.05, 0.1) is 5.56 Å². The highest BCUT2D eigenvalue weighted by Gasteiger charge is 2.35. The van der Waals surface area contributed by atoms with E-state index in [9.17, 15) is 4.79 Å². The smallest absolute Gasteiger partial charge is 0.343 e. The lowest BCUT2D eigenvalue weighted by Gasteiger charge is -2.41. The van der Waals surface area contributed by atoms with Crippen LogP contribution in [-0.2, 0) is 6.42 Å². The molecule has 168 valence electrons. The summed E-state index contributed by atoms with van der Waals surface area (Å²) < 4.78 is 5.58.